The molecule has 1 nitrogen and oxygen atoms in total. The highest BCUT2D eigenvalue weighted by Gasteiger charge is 2.37. The van der Waals surface area contributed by atoms with Crippen LogP contribution in [0, 0.1) is 0 Å². The molecule has 0 bridgehead atoms. The fraction of sp³-hybridized carbons (Fsp3) is 0.800. The minimum absolute atomic E-state index is 0.821. The molecule has 0 aromatic heterocycles. The third kappa shape index (κ3) is 1.26. The minimum Gasteiger partial charge on any atom is -0.363 e. The molecule has 12 heavy (non-hydrogen) atoms. The predicted octanol–water partition coefficient (Wildman–Crippen LogP) is 2.84. The first-order valence-corrected chi connectivity index (χ1v) is 5.83. The van der Waals surface area contributed by atoms with Gasteiger partial charge in [0, 0.05) is 17.8 Å². The third-order valence-electron chi connectivity index (χ3n) is 3.02. The highest BCUT2D eigenvalue weighted by atomic mass is 32.2. The van der Waals surface area contributed by atoms with E-state index in [1.807, 2.05) is 11.8 Å². The monoisotopic (exact) mass is 183 g/mol. The number of rotatable bonds is 1. The second-order valence-electron chi connectivity index (χ2n) is 3.69. The summed E-state index contributed by atoms with van der Waals surface area (Å²) in [5.74, 6) is 0. The largest absolute Gasteiger partial charge is 0.363 e. The summed E-state index contributed by atoms with van der Waals surface area (Å²) in [6.45, 7) is 7.50. The fourth-order valence-electron chi connectivity index (χ4n) is 2.41. The van der Waals surface area contributed by atoms with E-state index >= 15 is 0 Å². The molecule has 2 heteroatoms. The van der Waals surface area contributed by atoms with Crippen molar-refractivity contribution in [2.24, 2.45) is 0 Å². The molecule has 2 fully saturated rings. The molecule has 0 aromatic rings. The van der Waals surface area contributed by atoms with Crippen LogP contribution in [0.25, 0.3) is 0 Å². The summed E-state index contributed by atoms with van der Waals surface area (Å²) >= 11 is 2.01. The first-order valence-electron chi connectivity index (χ1n) is 4.95. The van der Waals surface area contributed by atoms with Gasteiger partial charge in [-0.05, 0) is 19.8 Å². The standard InChI is InChI=1S/C10H17NS/c1-3-11-8(2)12-10-7-5-4-6-9(10)11/h9-10H,2-7H2,1H3. The zero-order valence-corrected chi connectivity index (χ0v) is 8.57. The zero-order chi connectivity index (χ0) is 8.55. The van der Waals surface area contributed by atoms with Crippen LogP contribution in [0.2, 0.25) is 0 Å². The first-order chi connectivity index (χ1) is 5.83. The van der Waals surface area contributed by atoms with Crippen molar-refractivity contribution >= 4 is 11.8 Å². The molecule has 1 aliphatic heterocycles. The highest BCUT2D eigenvalue weighted by Crippen LogP contribution is 2.44. The SMILES string of the molecule is C=C1SC2CCCCC2N1CC. The van der Waals surface area contributed by atoms with Gasteiger partial charge in [-0.25, -0.2) is 0 Å². The summed E-state index contributed by atoms with van der Waals surface area (Å²) in [5.41, 5.74) is 0. The highest BCUT2D eigenvalue weighted by molar-refractivity contribution is 8.03. The fourth-order valence-corrected chi connectivity index (χ4v) is 3.88. The third-order valence-corrected chi connectivity index (χ3v) is 4.38. The lowest BCUT2D eigenvalue weighted by atomic mass is 9.94. The number of hydrogen-bond acceptors (Lipinski definition) is 2. The maximum absolute atomic E-state index is 4.12. The van der Waals surface area contributed by atoms with Gasteiger partial charge in [0.1, 0.15) is 0 Å². The van der Waals surface area contributed by atoms with Crippen molar-refractivity contribution in [3.63, 3.8) is 0 Å². The van der Waals surface area contributed by atoms with Gasteiger partial charge in [0.15, 0.2) is 0 Å². The molecule has 2 aliphatic rings. The summed E-state index contributed by atoms with van der Waals surface area (Å²) < 4.78 is 0. The lowest BCUT2D eigenvalue weighted by Gasteiger charge is -2.30. The van der Waals surface area contributed by atoms with Crippen molar-refractivity contribution in [2.75, 3.05) is 6.54 Å². The van der Waals surface area contributed by atoms with Gasteiger partial charge in [-0.1, -0.05) is 19.4 Å². The quantitative estimate of drug-likeness (QED) is 0.615. The molecule has 68 valence electrons. The van der Waals surface area contributed by atoms with Crippen molar-refractivity contribution in [1.29, 1.82) is 0 Å². The molecule has 1 heterocycles. The Morgan fingerprint density at radius 3 is 3.00 bits per heavy atom. The van der Waals surface area contributed by atoms with Crippen LogP contribution >= 0.6 is 11.8 Å². The molecule has 2 rings (SSSR count). The molecule has 0 aromatic carbocycles. The first kappa shape index (κ1) is 8.49. The Bertz CT molecular complexity index is 190. The summed E-state index contributed by atoms with van der Waals surface area (Å²) in [5, 5.41) is 2.18. The van der Waals surface area contributed by atoms with Crippen molar-refractivity contribution in [1.82, 2.24) is 4.90 Å². The van der Waals surface area contributed by atoms with E-state index in [1.165, 1.54) is 30.7 Å². The average molecular weight is 183 g/mol. The Balaban J connectivity index is 2.10. The van der Waals surface area contributed by atoms with Crippen LogP contribution in [0.15, 0.2) is 11.6 Å². The van der Waals surface area contributed by atoms with E-state index in [2.05, 4.69) is 18.4 Å². The van der Waals surface area contributed by atoms with E-state index in [-0.39, 0.29) is 0 Å². The number of fused-ring (bicyclic) bond motifs is 1. The van der Waals surface area contributed by atoms with Gasteiger partial charge >= 0.3 is 0 Å². The summed E-state index contributed by atoms with van der Waals surface area (Å²) in [4.78, 5) is 2.49. The molecular formula is C10H17NS. The zero-order valence-electron chi connectivity index (χ0n) is 7.75. The van der Waals surface area contributed by atoms with Gasteiger partial charge in [-0.15, -0.1) is 11.8 Å². The smallest absolute Gasteiger partial charge is 0.0640 e. The molecule has 0 spiro atoms. The van der Waals surface area contributed by atoms with Crippen molar-refractivity contribution < 1.29 is 0 Å². The van der Waals surface area contributed by atoms with Crippen molar-refractivity contribution in [3.05, 3.63) is 11.6 Å². The number of hydrogen-bond donors (Lipinski definition) is 0. The minimum atomic E-state index is 0.821. The predicted molar refractivity (Wildman–Crippen MR) is 55.2 cm³/mol. The number of nitrogens with zero attached hydrogens (tertiary/aromatic N) is 1. The van der Waals surface area contributed by atoms with Gasteiger partial charge in [0.25, 0.3) is 0 Å². The Kier molecular flexibility index (Phi) is 2.35. The Hall–Kier alpha value is -0.110. The summed E-state index contributed by atoms with van der Waals surface area (Å²) in [7, 11) is 0. The van der Waals surface area contributed by atoms with Crippen molar-refractivity contribution in [2.45, 2.75) is 43.9 Å². The van der Waals surface area contributed by atoms with E-state index in [0.717, 1.165) is 17.8 Å². The topological polar surface area (TPSA) is 3.24 Å². The lowest BCUT2D eigenvalue weighted by molar-refractivity contribution is 0.244. The van der Waals surface area contributed by atoms with Crippen LogP contribution in [0.4, 0.5) is 0 Å². The summed E-state index contributed by atoms with van der Waals surface area (Å²) in [6.07, 6.45) is 5.65. The van der Waals surface area contributed by atoms with Crippen LogP contribution in [-0.2, 0) is 0 Å². The van der Waals surface area contributed by atoms with Crippen LogP contribution in [0.5, 0.6) is 0 Å². The van der Waals surface area contributed by atoms with Gasteiger partial charge in [-0.2, -0.15) is 0 Å². The second kappa shape index (κ2) is 3.33. The maximum atomic E-state index is 4.12. The Morgan fingerprint density at radius 2 is 2.25 bits per heavy atom. The van der Waals surface area contributed by atoms with E-state index in [4.69, 9.17) is 0 Å². The second-order valence-corrected chi connectivity index (χ2v) is 5.00. The Morgan fingerprint density at radius 1 is 1.50 bits per heavy atom. The van der Waals surface area contributed by atoms with E-state index < -0.39 is 0 Å². The molecule has 0 N–H and O–H groups in total. The summed E-state index contributed by atoms with van der Waals surface area (Å²) in [6, 6.07) is 0.821. The number of thioether (sulfide) groups is 1. The molecule has 1 saturated carbocycles. The molecule has 2 atom stereocenters. The Labute approximate surface area is 79.2 Å². The maximum Gasteiger partial charge on any atom is 0.0640 e. The molecular weight excluding hydrogens is 166 g/mol. The average Bonchev–Trinajstić information content (AvgIpc) is 2.40. The molecule has 1 aliphatic carbocycles. The van der Waals surface area contributed by atoms with Gasteiger partial charge in [-0.3, -0.25) is 0 Å². The van der Waals surface area contributed by atoms with Crippen molar-refractivity contribution in [3.8, 4) is 0 Å². The van der Waals surface area contributed by atoms with Gasteiger partial charge in [0.2, 0.25) is 0 Å². The van der Waals surface area contributed by atoms with Gasteiger partial charge < -0.3 is 4.90 Å². The molecule has 0 radical (unpaired) electrons. The molecule has 0 amide bonds. The van der Waals surface area contributed by atoms with Crippen LogP contribution in [0.1, 0.15) is 32.6 Å². The van der Waals surface area contributed by atoms with Crippen LogP contribution in [0.3, 0.4) is 0 Å². The molecule has 1 saturated heterocycles. The van der Waals surface area contributed by atoms with E-state index in [0.29, 0.717) is 0 Å². The molecule has 2 unspecified atom stereocenters. The van der Waals surface area contributed by atoms with Crippen LogP contribution < -0.4 is 0 Å². The van der Waals surface area contributed by atoms with E-state index in [1.54, 1.807) is 0 Å². The lowest BCUT2D eigenvalue weighted by Crippen LogP contribution is -2.36. The van der Waals surface area contributed by atoms with Gasteiger partial charge in [0.05, 0.1) is 5.03 Å². The van der Waals surface area contributed by atoms with Crippen LogP contribution in [-0.4, -0.2) is 22.7 Å². The normalized spacial score (nSPS) is 35.4. The van der Waals surface area contributed by atoms with E-state index in [9.17, 15) is 0 Å².